The lowest BCUT2D eigenvalue weighted by atomic mass is 9.73. The van der Waals surface area contributed by atoms with E-state index >= 15 is 0 Å². The molecule has 2 nitrogen and oxygen atoms in total. The SMILES string of the molecule is CC(C)C1CCC(CN)(NCc2cccs2)CC1. The normalized spacial score (nSPS) is 28.8. The molecular weight excluding hydrogens is 240 g/mol. The van der Waals surface area contributed by atoms with Crippen LogP contribution < -0.4 is 11.1 Å². The van der Waals surface area contributed by atoms with Crippen LogP contribution in [0.4, 0.5) is 0 Å². The van der Waals surface area contributed by atoms with Gasteiger partial charge in [0.2, 0.25) is 0 Å². The monoisotopic (exact) mass is 266 g/mol. The van der Waals surface area contributed by atoms with Crippen molar-refractivity contribution in [1.82, 2.24) is 5.32 Å². The molecule has 1 aliphatic rings. The van der Waals surface area contributed by atoms with Crippen LogP contribution in [0.5, 0.6) is 0 Å². The first-order valence-electron chi connectivity index (χ1n) is 7.13. The van der Waals surface area contributed by atoms with E-state index in [4.69, 9.17) is 5.73 Å². The maximum absolute atomic E-state index is 6.04. The second kappa shape index (κ2) is 6.18. The van der Waals surface area contributed by atoms with Gasteiger partial charge in [-0.1, -0.05) is 19.9 Å². The molecule has 1 aromatic rings. The Morgan fingerprint density at radius 3 is 2.67 bits per heavy atom. The second-order valence-electron chi connectivity index (χ2n) is 6.00. The molecule has 0 bridgehead atoms. The summed E-state index contributed by atoms with van der Waals surface area (Å²) in [6.07, 6.45) is 5.12. The number of hydrogen-bond acceptors (Lipinski definition) is 3. The van der Waals surface area contributed by atoms with Crippen LogP contribution in [0.25, 0.3) is 0 Å². The smallest absolute Gasteiger partial charge is 0.0307 e. The lowest BCUT2D eigenvalue weighted by Crippen LogP contribution is -2.53. The molecule has 18 heavy (non-hydrogen) atoms. The molecule has 3 heteroatoms. The first-order valence-corrected chi connectivity index (χ1v) is 8.01. The molecule has 0 atom stereocenters. The average molecular weight is 266 g/mol. The summed E-state index contributed by atoms with van der Waals surface area (Å²) in [5.74, 6) is 1.71. The summed E-state index contributed by atoms with van der Waals surface area (Å²) >= 11 is 1.82. The van der Waals surface area contributed by atoms with Crippen molar-refractivity contribution in [2.75, 3.05) is 6.54 Å². The van der Waals surface area contributed by atoms with Crippen LogP contribution in [0.1, 0.15) is 44.4 Å². The quantitative estimate of drug-likeness (QED) is 0.857. The zero-order valence-corrected chi connectivity index (χ0v) is 12.4. The number of nitrogens with one attached hydrogen (secondary N) is 1. The van der Waals surface area contributed by atoms with Crippen molar-refractivity contribution in [3.63, 3.8) is 0 Å². The molecule has 0 aliphatic heterocycles. The van der Waals surface area contributed by atoms with Gasteiger partial charge >= 0.3 is 0 Å². The van der Waals surface area contributed by atoms with Crippen molar-refractivity contribution >= 4 is 11.3 Å². The van der Waals surface area contributed by atoms with Gasteiger partial charge in [-0.25, -0.2) is 0 Å². The van der Waals surface area contributed by atoms with Crippen molar-refractivity contribution in [2.24, 2.45) is 17.6 Å². The fraction of sp³-hybridized carbons (Fsp3) is 0.733. The van der Waals surface area contributed by atoms with Gasteiger partial charge in [0.1, 0.15) is 0 Å². The number of hydrogen-bond donors (Lipinski definition) is 2. The van der Waals surface area contributed by atoms with Crippen molar-refractivity contribution < 1.29 is 0 Å². The second-order valence-corrected chi connectivity index (χ2v) is 7.03. The predicted molar refractivity (Wildman–Crippen MR) is 79.7 cm³/mol. The third-order valence-corrected chi connectivity index (χ3v) is 5.42. The summed E-state index contributed by atoms with van der Waals surface area (Å²) < 4.78 is 0. The third kappa shape index (κ3) is 3.34. The maximum Gasteiger partial charge on any atom is 0.0307 e. The largest absolute Gasteiger partial charge is 0.329 e. The maximum atomic E-state index is 6.04. The Balaban J connectivity index is 1.88. The van der Waals surface area contributed by atoms with Gasteiger partial charge in [-0.3, -0.25) is 0 Å². The van der Waals surface area contributed by atoms with Crippen LogP contribution in [0.3, 0.4) is 0 Å². The van der Waals surface area contributed by atoms with E-state index in [2.05, 4.69) is 36.7 Å². The van der Waals surface area contributed by atoms with E-state index < -0.39 is 0 Å². The molecule has 1 saturated carbocycles. The highest BCUT2D eigenvalue weighted by molar-refractivity contribution is 7.09. The minimum absolute atomic E-state index is 0.190. The highest BCUT2D eigenvalue weighted by Crippen LogP contribution is 2.35. The van der Waals surface area contributed by atoms with E-state index in [1.165, 1.54) is 30.6 Å². The Morgan fingerprint density at radius 1 is 1.44 bits per heavy atom. The van der Waals surface area contributed by atoms with Crippen LogP contribution >= 0.6 is 11.3 Å². The standard InChI is InChI=1S/C15H26N2S/c1-12(2)13-5-7-15(11-16,8-6-13)17-10-14-4-3-9-18-14/h3-4,9,12-13,17H,5-8,10-11,16H2,1-2H3. The molecule has 0 saturated heterocycles. The summed E-state index contributed by atoms with van der Waals surface area (Å²) in [6.45, 7) is 6.43. The number of thiophene rings is 1. The summed E-state index contributed by atoms with van der Waals surface area (Å²) in [6, 6.07) is 4.31. The van der Waals surface area contributed by atoms with Gasteiger partial charge in [-0.15, -0.1) is 11.3 Å². The lowest BCUT2D eigenvalue weighted by Gasteiger charge is -2.41. The number of nitrogens with two attached hydrogens (primary N) is 1. The molecule has 1 aromatic heterocycles. The molecule has 2 rings (SSSR count). The fourth-order valence-electron chi connectivity index (χ4n) is 3.00. The molecule has 1 fully saturated rings. The summed E-state index contributed by atoms with van der Waals surface area (Å²) in [7, 11) is 0. The molecule has 0 spiro atoms. The van der Waals surface area contributed by atoms with Crippen molar-refractivity contribution in [3.8, 4) is 0 Å². The van der Waals surface area contributed by atoms with E-state index in [9.17, 15) is 0 Å². The Bertz CT molecular complexity index is 337. The summed E-state index contributed by atoms with van der Waals surface area (Å²) in [5.41, 5.74) is 6.23. The van der Waals surface area contributed by atoms with E-state index in [1.54, 1.807) is 0 Å². The highest BCUT2D eigenvalue weighted by atomic mass is 32.1. The Hall–Kier alpha value is -0.380. The van der Waals surface area contributed by atoms with E-state index in [0.29, 0.717) is 0 Å². The van der Waals surface area contributed by atoms with E-state index in [0.717, 1.165) is 24.9 Å². The molecule has 0 radical (unpaired) electrons. The molecule has 1 heterocycles. The molecule has 1 aliphatic carbocycles. The minimum Gasteiger partial charge on any atom is -0.329 e. The summed E-state index contributed by atoms with van der Waals surface area (Å²) in [5, 5.41) is 5.87. The molecule has 3 N–H and O–H groups in total. The minimum atomic E-state index is 0.190. The van der Waals surface area contributed by atoms with E-state index in [-0.39, 0.29) is 5.54 Å². The third-order valence-electron chi connectivity index (χ3n) is 4.54. The Labute approximate surface area is 115 Å². The first kappa shape index (κ1) is 14.0. The van der Waals surface area contributed by atoms with Crippen molar-refractivity contribution in [3.05, 3.63) is 22.4 Å². The molecular formula is C15H26N2S. The van der Waals surface area contributed by atoms with Gasteiger partial charge in [0.05, 0.1) is 0 Å². The molecule has 0 unspecified atom stereocenters. The fourth-order valence-corrected chi connectivity index (χ4v) is 3.64. The summed E-state index contributed by atoms with van der Waals surface area (Å²) in [4.78, 5) is 1.41. The van der Waals surface area contributed by atoms with Crippen LogP contribution in [0, 0.1) is 11.8 Å². The zero-order valence-electron chi connectivity index (χ0n) is 11.6. The van der Waals surface area contributed by atoms with Crippen molar-refractivity contribution in [1.29, 1.82) is 0 Å². The predicted octanol–water partition coefficient (Wildman–Crippen LogP) is 3.38. The molecule has 0 amide bonds. The van der Waals surface area contributed by atoms with Crippen LogP contribution in [-0.2, 0) is 6.54 Å². The van der Waals surface area contributed by atoms with Gasteiger partial charge < -0.3 is 11.1 Å². The highest BCUT2D eigenvalue weighted by Gasteiger charge is 2.34. The molecule has 0 aromatic carbocycles. The average Bonchev–Trinajstić information content (AvgIpc) is 2.90. The van der Waals surface area contributed by atoms with Gasteiger partial charge in [-0.05, 0) is 49.0 Å². The van der Waals surface area contributed by atoms with Crippen LogP contribution in [-0.4, -0.2) is 12.1 Å². The van der Waals surface area contributed by atoms with Gasteiger partial charge in [0.25, 0.3) is 0 Å². The van der Waals surface area contributed by atoms with Crippen molar-refractivity contribution in [2.45, 2.75) is 51.6 Å². The van der Waals surface area contributed by atoms with Crippen LogP contribution in [0.2, 0.25) is 0 Å². The van der Waals surface area contributed by atoms with Crippen LogP contribution in [0.15, 0.2) is 17.5 Å². The van der Waals surface area contributed by atoms with Gasteiger partial charge in [0.15, 0.2) is 0 Å². The topological polar surface area (TPSA) is 38.0 Å². The first-order chi connectivity index (χ1) is 8.65. The molecule has 102 valence electrons. The lowest BCUT2D eigenvalue weighted by molar-refractivity contribution is 0.165. The zero-order chi connectivity index (χ0) is 13.0. The van der Waals surface area contributed by atoms with E-state index in [1.807, 2.05) is 11.3 Å². The van der Waals surface area contributed by atoms with Gasteiger partial charge in [0, 0.05) is 23.5 Å². The Morgan fingerprint density at radius 2 is 2.17 bits per heavy atom. The number of rotatable bonds is 5. The Kier molecular flexibility index (Phi) is 4.82. The van der Waals surface area contributed by atoms with Gasteiger partial charge in [-0.2, -0.15) is 0 Å².